The van der Waals surface area contributed by atoms with Crippen molar-refractivity contribution in [2.24, 2.45) is 11.7 Å². The molecule has 0 aliphatic heterocycles. The molecular weight excluding hydrogens is 206 g/mol. The van der Waals surface area contributed by atoms with E-state index in [2.05, 4.69) is 50.0 Å². The Balaban J connectivity index is 2.20. The number of benzene rings is 1. The Bertz CT molecular complexity index is 432. The third-order valence-electron chi connectivity index (χ3n) is 3.60. The van der Waals surface area contributed by atoms with Gasteiger partial charge in [-0.05, 0) is 36.3 Å². The zero-order valence-electron chi connectivity index (χ0n) is 10.7. The maximum atomic E-state index is 5.96. The van der Waals surface area contributed by atoms with Gasteiger partial charge in [-0.25, -0.2) is 0 Å². The third-order valence-corrected chi connectivity index (χ3v) is 3.60. The molecule has 2 N–H and O–H groups in total. The fraction of sp³-hybridized carbons (Fsp3) is 0.500. The van der Waals surface area contributed by atoms with Gasteiger partial charge in [-0.1, -0.05) is 50.3 Å². The van der Waals surface area contributed by atoms with Crippen molar-refractivity contribution >= 4 is 0 Å². The molecule has 2 rings (SSSR count). The average molecular weight is 227 g/mol. The third kappa shape index (κ3) is 2.90. The Morgan fingerprint density at radius 2 is 1.94 bits per heavy atom. The summed E-state index contributed by atoms with van der Waals surface area (Å²) in [5.74, 6) is 7.59. The molecule has 0 spiro atoms. The summed E-state index contributed by atoms with van der Waals surface area (Å²) in [5.41, 5.74) is 8.56. The molecule has 0 radical (unpaired) electrons. The first kappa shape index (κ1) is 12.2. The first-order chi connectivity index (χ1) is 8.18. The average Bonchev–Trinajstić information content (AvgIpc) is 2.25. The van der Waals surface area contributed by atoms with Crippen molar-refractivity contribution in [1.82, 2.24) is 0 Å². The lowest BCUT2D eigenvalue weighted by atomic mass is 9.78. The lowest BCUT2D eigenvalue weighted by molar-refractivity contribution is 0.419. The van der Waals surface area contributed by atoms with Crippen LogP contribution in [0.5, 0.6) is 0 Å². The van der Waals surface area contributed by atoms with Gasteiger partial charge in [-0.3, -0.25) is 0 Å². The molecule has 0 saturated heterocycles. The topological polar surface area (TPSA) is 26.0 Å². The van der Waals surface area contributed by atoms with E-state index in [1.54, 1.807) is 0 Å². The van der Waals surface area contributed by atoms with Crippen LogP contribution in [0.15, 0.2) is 24.3 Å². The molecule has 1 fully saturated rings. The van der Waals surface area contributed by atoms with Crippen molar-refractivity contribution in [3.8, 4) is 11.8 Å². The summed E-state index contributed by atoms with van der Waals surface area (Å²) in [6, 6.07) is 8.49. The van der Waals surface area contributed by atoms with Gasteiger partial charge in [0.25, 0.3) is 0 Å². The number of rotatable bonds is 2. The molecule has 0 amide bonds. The second kappa shape index (κ2) is 5.38. The van der Waals surface area contributed by atoms with Crippen LogP contribution < -0.4 is 5.73 Å². The van der Waals surface area contributed by atoms with E-state index >= 15 is 0 Å². The first-order valence-corrected chi connectivity index (χ1v) is 6.54. The SMILES string of the molecule is CC(C)C(N)C#Cc1ccccc1C1CCC1. The van der Waals surface area contributed by atoms with Crippen molar-refractivity contribution in [1.29, 1.82) is 0 Å². The van der Waals surface area contributed by atoms with E-state index in [1.165, 1.54) is 30.4 Å². The number of nitrogens with two attached hydrogens (primary N) is 1. The molecular formula is C16H21N. The molecule has 1 aromatic rings. The minimum atomic E-state index is -0.0237. The van der Waals surface area contributed by atoms with Gasteiger partial charge in [0.2, 0.25) is 0 Å². The number of hydrogen-bond donors (Lipinski definition) is 1. The summed E-state index contributed by atoms with van der Waals surface area (Å²) in [5, 5.41) is 0. The van der Waals surface area contributed by atoms with E-state index < -0.39 is 0 Å². The summed E-state index contributed by atoms with van der Waals surface area (Å²) in [6.07, 6.45) is 3.99. The summed E-state index contributed by atoms with van der Waals surface area (Å²) in [4.78, 5) is 0. The van der Waals surface area contributed by atoms with Crippen molar-refractivity contribution in [3.63, 3.8) is 0 Å². The van der Waals surface area contributed by atoms with E-state index in [1.807, 2.05) is 0 Å². The lowest BCUT2D eigenvalue weighted by Gasteiger charge is -2.26. The van der Waals surface area contributed by atoms with E-state index in [9.17, 15) is 0 Å². The minimum absolute atomic E-state index is 0.0237. The molecule has 1 aliphatic rings. The normalized spacial score (nSPS) is 17.2. The van der Waals surface area contributed by atoms with Crippen LogP contribution in [0.2, 0.25) is 0 Å². The maximum Gasteiger partial charge on any atom is 0.0691 e. The molecule has 90 valence electrons. The Kier molecular flexibility index (Phi) is 3.86. The van der Waals surface area contributed by atoms with E-state index in [-0.39, 0.29) is 6.04 Å². The molecule has 1 nitrogen and oxygen atoms in total. The molecule has 1 aromatic carbocycles. The van der Waals surface area contributed by atoms with Crippen LogP contribution in [0.4, 0.5) is 0 Å². The van der Waals surface area contributed by atoms with E-state index in [0.717, 1.165) is 5.92 Å². The highest BCUT2D eigenvalue weighted by atomic mass is 14.6. The molecule has 17 heavy (non-hydrogen) atoms. The molecule has 0 bridgehead atoms. The van der Waals surface area contributed by atoms with Gasteiger partial charge in [-0.2, -0.15) is 0 Å². The van der Waals surface area contributed by atoms with Crippen LogP contribution in [0, 0.1) is 17.8 Å². The lowest BCUT2D eigenvalue weighted by Crippen LogP contribution is -2.24. The molecule has 1 heteroatoms. The summed E-state index contributed by atoms with van der Waals surface area (Å²) in [7, 11) is 0. The standard InChI is InChI=1S/C16H21N/c1-12(2)16(17)11-10-14-6-3-4-9-15(14)13-7-5-8-13/h3-4,6,9,12-13,16H,5,7-8,17H2,1-2H3. The predicted molar refractivity (Wildman–Crippen MR) is 72.7 cm³/mol. The zero-order valence-corrected chi connectivity index (χ0v) is 10.7. The Morgan fingerprint density at radius 3 is 2.53 bits per heavy atom. The van der Waals surface area contributed by atoms with Crippen LogP contribution in [0.1, 0.15) is 50.2 Å². The quantitative estimate of drug-likeness (QED) is 0.771. The highest BCUT2D eigenvalue weighted by Gasteiger charge is 2.21. The van der Waals surface area contributed by atoms with E-state index in [4.69, 9.17) is 5.73 Å². The van der Waals surface area contributed by atoms with Gasteiger partial charge in [0.1, 0.15) is 0 Å². The van der Waals surface area contributed by atoms with Gasteiger partial charge in [0, 0.05) is 5.56 Å². The largest absolute Gasteiger partial charge is 0.317 e. The van der Waals surface area contributed by atoms with Crippen molar-refractivity contribution in [2.45, 2.75) is 45.1 Å². The van der Waals surface area contributed by atoms with Gasteiger partial charge >= 0.3 is 0 Å². The fourth-order valence-corrected chi connectivity index (χ4v) is 2.01. The van der Waals surface area contributed by atoms with Crippen LogP contribution in [0.3, 0.4) is 0 Å². The van der Waals surface area contributed by atoms with Crippen LogP contribution in [-0.2, 0) is 0 Å². The predicted octanol–water partition coefficient (Wildman–Crippen LogP) is 3.29. The Hall–Kier alpha value is -1.26. The summed E-state index contributed by atoms with van der Waals surface area (Å²) >= 11 is 0. The summed E-state index contributed by atoms with van der Waals surface area (Å²) in [6.45, 7) is 4.22. The monoisotopic (exact) mass is 227 g/mol. The first-order valence-electron chi connectivity index (χ1n) is 6.54. The van der Waals surface area contributed by atoms with Crippen LogP contribution >= 0.6 is 0 Å². The smallest absolute Gasteiger partial charge is 0.0691 e. The van der Waals surface area contributed by atoms with Crippen LogP contribution in [0.25, 0.3) is 0 Å². The second-order valence-corrected chi connectivity index (χ2v) is 5.25. The van der Waals surface area contributed by atoms with Crippen molar-refractivity contribution < 1.29 is 0 Å². The molecule has 1 aliphatic carbocycles. The van der Waals surface area contributed by atoms with Crippen molar-refractivity contribution in [3.05, 3.63) is 35.4 Å². The Morgan fingerprint density at radius 1 is 1.24 bits per heavy atom. The summed E-state index contributed by atoms with van der Waals surface area (Å²) < 4.78 is 0. The zero-order chi connectivity index (χ0) is 12.3. The highest BCUT2D eigenvalue weighted by Crippen LogP contribution is 2.37. The molecule has 0 aromatic heterocycles. The second-order valence-electron chi connectivity index (χ2n) is 5.25. The van der Waals surface area contributed by atoms with Gasteiger partial charge in [-0.15, -0.1) is 0 Å². The van der Waals surface area contributed by atoms with Gasteiger partial charge in [0.15, 0.2) is 0 Å². The van der Waals surface area contributed by atoms with Gasteiger partial charge < -0.3 is 5.73 Å². The highest BCUT2D eigenvalue weighted by molar-refractivity contribution is 5.44. The molecule has 1 saturated carbocycles. The number of hydrogen-bond acceptors (Lipinski definition) is 1. The minimum Gasteiger partial charge on any atom is -0.317 e. The van der Waals surface area contributed by atoms with Crippen molar-refractivity contribution in [2.75, 3.05) is 0 Å². The molecule has 1 unspecified atom stereocenters. The molecule has 0 heterocycles. The fourth-order valence-electron chi connectivity index (χ4n) is 2.01. The van der Waals surface area contributed by atoms with Gasteiger partial charge in [0.05, 0.1) is 6.04 Å². The van der Waals surface area contributed by atoms with E-state index in [0.29, 0.717) is 5.92 Å². The Labute approximate surface area is 104 Å². The maximum absolute atomic E-state index is 5.96. The van der Waals surface area contributed by atoms with Crippen LogP contribution in [-0.4, -0.2) is 6.04 Å². The molecule has 1 atom stereocenters.